The van der Waals surface area contributed by atoms with Crippen molar-refractivity contribution in [1.82, 2.24) is 9.97 Å². The zero-order valence-electron chi connectivity index (χ0n) is 12.7. The van der Waals surface area contributed by atoms with E-state index in [1.54, 1.807) is 24.5 Å². The van der Waals surface area contributed by atoms with Crippen LogP contribution in [-0.2, 0) is 5.54 Å². The molecule has 3 rings (SSSR count). The summed E-state index contributed by atoms with van der Waals surface area (Å²) >= 11 is 1.27. The predicted molar refractivity (Wildman–Crippen MR) is 92.1 cm³/mol. The number of benzene rings is 1. The molecule has 1 aromatic heterocycles. The Kier molecular flexibility index (Phi) is 4.30. The molecule has 1 atom stereocenters. The van der Waals surface area contributed by atoms with Crippen LogP contribution < -0.4 is 11.1 Å². The van der Waals surface area contributed by atoms with Gasteiger partial charge in [0.2, 0.25) is 0 Å². The summed E-state index contributed by atoms with van der Waals surface area (Å²) in [6, 6.07) is 4.31. The molecule has 1 amide bonds. The Balaban J connectivity index is 1.91. The summed E-state index contributed by atoms with van der Waals surface area (Å²) < 4.78 is 14.3. The van der Waals surface area contributed by atoms with Gasteiger partial charge in [-0.2, -0.15) is 0 Å². The molecule has 1 aliphatic heterocycles. The Morgan fingerprint density at radius 1 is 1.38 bits per heavy atom. The molecule has 122 valence electrons. The Bertz CT molecular complexity index is 840. The molecule has 0 saturated carbocycles. The second-order valence-electron chi connectivity index (χ2n) is 5.26. The molecule has 6 nitrogen and oxygen atoms in total. The number of hydrogen-bond donors (Lipinski definition) is 2. The first-order valence-electron chi connectivity index (χ1n) is 7.05. The molecule has 24 heavy (non-hydrogen) atoms. The van der Waals surface area contributed by atoms with Gasteiger partial charge >= 0.3 is 0 Å². The van der Waals surface area contributed by atoms with Crippen LogP contribution in [0.5, 0.6) is 0 Å². The maximum Gasteiger partial charge on any atom is 0.275 e. The van der Waals surface area contributed by atoms with E-state index in [0.717, 1.165) is 0 Å². The van der Waals surface area contributed by atoms with Gasteiger partial charge < -0.3 is 11.1 Å². The first kappa shape index (κ1) is 16.1. The van der Waals surface area contributed by atoms with Gasteiger partial charge in [-0.15, -0.1) is 0 Å². The summed E-state index contributed by atoms with van der Waals surface area (Å²) in [6.07, 6.45) is 6.02. The van der Waals surface area contributed by atoms with E-state index >= 15 is 0 Å². The maximum absolute atomic E-state index is 14.3. The van der Waals surface area contributed by atoms with Crippen LogP contribution in [0, 0.1) is 5.82 Å². The van der Waals surface area contributed by atoms with Crippen molar-refractivity contribution in [3.8, 4) is 0 Å². The lowest BCUT2D eigenvalue weighted by Gasteiger charge is -2.26. The maximum atomic E-state index is 14.3. The Hall–Kier alpha value is -2.74. The smallest absolute Gasteiger partial charge is 0.275 e. The second kappa shape index (κ2) is 6.40. The van der Waals surface area contributed by atoms with Crippen LogP contribution in [0.1, 0.15) is 23.0 Å². The molecule has 1 aliphatic rings. The summed E-state index contributed by atoms with van der Waals surface area (Å²) in [5.74, 6) is -0.855. The lowest BCUT2D eigenvalue weighted by Crippen LogP contribution is -2.25. The molecular weight excluding hydrogens is 329 g/mol. The highest BCUT2D eigenvalue weighted by molar-refractivity contribution is 8.16. The van der Waals surface area contributed by atoms with E-state index in [9.17, 15) is 9.18 Å². The average Bonchev–Trinajstić information content (AvgIpc) is 2.57. The van der Waals surface area contributed by atoms with E-state index < -0.39 is 17.3 Å². The minimum Gasteiger partial charge on any atom is -0.378 e. The van der Waals surface area contributed by atoms with Crippen LogP contribution in [0.4, 0.5) is 10.1 Å². The van der Waals surface area contributed by atoms with Crippen LogP contribution in [0.15, 0.2) is 53.3 Å². The molecule has 3 N–H and O–H groups in total. The van der Waals surface area contributed by atoms with Crippen molar-refractivity contribution >= 4 is 28.5 Å². The third kappa shape index (κ3) is 3.28. The highest BCUT2D eigenvalue weighted by Gasteiger charge is 2.29. The van der Waals surface area contributed by atoms with Gasteiger partial charge in [-0.3, -0.25) is 9.78 Å². The Morgan fingerprint density at radius 3 is 2.92 bits per heavy atom. The molecule has 0 aliphatic carbocycles. The number of carbonyl (C=O) groups excluding carboxylic acids is 1. The van der Waals surface area contributed by atoms with Gasteiger partial charge in [-0.25, -0.2) is 14.4 Å². The highest BCUT2D eigenvalue weighted by Crippen LogP contribution is 2.35. The summed E-state index contributed by atoms with van der Waals surface area (Å²) in [4.78, 5) is 24.2. The van der Waals surface area contributed by atoms with Gasteiger partial charge in [0, 0.05) is 23.6 Å². The van der Waals surface area contributed by atoms with E-state index in [1.165, 1.54) is 42.5 Å². The summed E-state index contributed by atoms with van der Waals surface area (Å²) in [5, 5.41) is 4.80. The zero-order chi connectivity index (χ0) is 17.2. The molecule has 2 aromatic rings. The van der Waals surface area contributed by atoms with E-state index in [2.05, 4.69) is 20.3 Å². The topological polar surface area (TPSA) is 93.3 Å². The summed E-state index contributed by atoms with van der Waals surface area (Å²) in [5.41, 5.74) is 5.75. The van der Waals surface area contributed by atoms with Gasteiger partial charge in [0.1, 0.15) is 17.1 Å². The van der Waals surface area contributed by atoms with E-state index in [1.807, 2.05) is 0 Å². The van der Waals surface area contributed by atoms with Crippen molar-refractivity contribution in [2.75, 3.05) is 5.32 Å². The van der Waals surface area contributed by atoms with Crippen LogP contribution in [0.25, 0.3) is 0 Å². The third-order valence-corrected chi connectivity index (χ3v) is 4.09. The lowest BCUT2D eigenvalue weighted by atomic mass is 9.92. The normalized spacial score (nSPS) is 19.7. The molecular formula is C16H14FN5OS. The minimum absolute atomic E-state index is 0.172. The van der Waals surface area contributed by atoms with Crippen LogP contribution in [0.3, 0.4) is 0 Å². The Morgan fingerprint density at radius 2 is 2.21 bits per heavy atom. The van der Waals surface area contributed by atoms with E-state index in [0.29, 0.717) is 16.4 Å². The average molecular weight is 343 g/mol. The van der Waals surface area contributed by atoms with Gasteiger partial charge in [0.15, 0.2) is 5.17 Å². The summed E-state index contributed by atoms with van der Waals surface area (Å²) in [6.45, 7) is 1.75. The number of amidine groups is 1. The number of rotatable bonds is 3. The van der Waals surface area contributed by atoms with Crippen molar-refractivity contribution in [3.05, 3.63) is 65.3 Å². The summed E-state index contributed by atoms with van der Waals surface area (Å²) in [7, 11) is 0. The molecule has 0 spiro atoms. The number of carbonyl (C=O) groups is 1. The first-order chi connectivity index (χ1) is 11.5. The number of nitrogens with two attached hydrogens (primary N) is 1. The van der Waals surface area contributed by atoms with Crippen LogP contribution >= 0.6 is 11.8 Å². The number of thioether (sulfide) groups is 1. The van der Waals surface area contributed by atoms with Crippen molar-refractivity contribution in [3.63, 3.8) is 0 Å². The Labute approximate surface area is 142 Å². The quantitative estimate of drug-likeness (QED) is 0.894. The molecule has 0 fully saturated rings. The fourth-order valence-corrected chi connectivity index (χ4v) is 3.00. The predicted octanol–water partition coefficient (Wildman–Crippen LogP) is 2.66. The number of nitrogens with one attached hydrogen (secondary N) is 1. The molecule has 8 heteroatoms. The molecule has 1 aromatic carbocycles. The van der Waals surface area contributed by atoms with E-state index in [-0.39, 0.29) is 5.69 Å². The molecule has 0 bridgehead atoms. The molecule has 0 unspecified atom stereocenters. The number of halogens is 1. The number of nitrogens with zero attached hydrogens (tertiary/aromatic N) is 3. The fourth-order valence-electron chi connectivity index (χ4n) is 2.28. The third-order valence-electron chi connectivity index (χ3n) is 3.49. The van der Waals surface area contributed by atoms with Gasteiger partial charge in [0.05, 0.1) is 6.20 Å². The first-order valence-corrected chi connectivity index (χ1v) is 7.93. The van der Waals surface area contributed by atoms with Gasteiger partial charge in [-0.1, -0.05) is 11.8 Å². The zero-order valence-corrected chi connectivity index (χ0v) is 13.5. The van der Waals surface area contributed by atoms with Crippen LogP contribution in [-0.4, -0.2) is 21.0 Å². The number of anilines is 1. The van der Waals surface area contributed by atoms with Gasteiger partial charge in [-0.05, 0) is 36.6 Å². The number of amides is 1. The molecule has 0 saturated heterocycles. The van der Waals surface area contributed by atoms with Crippen molar-refractivity contribution in [2.45, 2.75) is 12.5 Å². The van der Waals surface area contributed by atoms with E-state index in [4.69, 9.17) is 5.73 Å². The van der Waals surface area contributed by atoms with Crippen molar-refractivity contribution in [1.29, 1.82) is 0 Å². The number of hydrogen-bond acceptors (Lipinski definition) is 6. The lowest BCUT2D eigenvalue weighted by molar-refractivity contribution is 0.102. The monoisotopic (exact) mass is 343 g/mol. The highest BCUT2D eigenvalue weighted by atomic mass is 32.2. The minimum atomic E-state index is -0.924. The fraction of sp³-hybridized carbons (Fsp3) is 0.125. The van der Waals surface area contributed by atoms with Crippen molar-refractivity contribution < 1.29 is 9.18 Å². The van der Waals surface area contributed by atoms with Crippen molar-refractivity contribution in [2.24, 2.45) is 10.7 Å². The van der Waals surface area contributed by atoms with Gasteiger partial charge in [0.25, 0.3) is 5.91 Å². The molecule has 2 heterocycles. The largest absolute Gasteiger partial charge is 0.378 e. The molecule has 0 radical (unpaired) electrons. The number of aliphatic imine (C=N–C) groups is 1. The number of aromatic nitrogens is 2. The van der Waals surface area contributed by atoms with Crippen LogP contribution in [0.2, 0.25) is 0 Å². The standard InChI is InChI=1S/C16H14FN5OS/c1-16(4-7-24-15(18)22-16)11-8-10(2-3-12(11)17)21-14(23)13-9-19-5-6-20-13/h2-9H,1H3,(H2,18,22)(H,21,23)/t16-/m0/s1. The SMILES string of the molecule is C[C@@]1(c2cc(NC(=O)c3cnccn3)ccc2F)C=CSC(N)=N1. The second-order valence-corrected chi connectivity index (χ2v) is 6.18.